The van der Waals surface area contributed by atoms with Crippen LogP contribution in [0, 0.1) is 0 Å². The van der Waals surface area contributed by atoms with Crippen LogP contribution in [0.3, 0.4) is 0 Å². The molecule has 0 bridgehead atoms. The van der Waals surface area contributed by atoms with E-state index >= 15 is 0 Å². The van der Waals surface area contributed by atoms with E-state index in [0.29, 0.717) is 25.8 Å². The Morgan fingerprint density at radius 3 is 2.62 bits per heavy atom. The minimum Gasteiger partial charge on any atom is -0.349 e. The van der Waals surface area contributed by atoms with Gasteiger partial charge in [0.05, 0.1) is 6.04 Å². The number of nitrogens with zero attached hydrogens (tertiary/aromatic N) is 3. The maximum Gasteiger partial charge on any atom is 0.248 e. The van der Waals surface area contributed by atoms with E-state index in [1.165, 1.54) is 0 Å². The molecule has 7 heteroatoms. The highest BCUT2D eigenvalue weighted by Gasteiger charge is 2.44. The van der Waals surface area contributed by atoms with Crippen molar-refractivity contribution in [3.8, 4) is 0 Å². The topological polar surface area (TPSA) is 79.3 Å². The monoisotopic (exact) mass is 333 g/mol. The summed E-state index contributed by atoms with van der Waals surface area (Å²) in [6.45, 7) is 8.20. The second-order valence-corrected chi connectivity index (χ2v) is 7.78. The summed E-state index contributed by atoms with van der Waals surface area (Å²) in [5, 5.41) is 10.7. The lowest BCUT2D eigenvalue weighted by atomic mass is 9.87. The van der Waals surface area contributed by atoms with Gasteiger partial charge in [-0.05, 0) is 52.8 Å². The Morgan fingerprint density at radius 1 is 1.38 bits per heavy atom. The van der Waals surface area contributed by atoms with Crippen molar-refractivity contribution in [1.82, 2.24) is 25.3 Å². The molecular formula is C17H27N5O2. The molecule has 0 aliphatic carbocycles. The first-order chi connectivity index (χ1) is 11.3. The lowest BCUT2D eigenvalue weighted by Crippen LogP contribution is -2.57. The summed E-state index contributed by atoms with van der Waals surface area (Å²) in [4.78, 5) is 27.2. The van der Waals surface area contributed by atoms with Crippen LogP contribution >= 0.6 is 0 Å². The summed E-state index contributed by atoms with van der Waals surface area (Å²) < 4.78 is 1.78. The molecular weight excluding hydrogens is 306 g/mol. The van der Waals surface area contributed by atoms with Crippen molar-refractivity contribution in [2.75, 3.05) is 19.6 Å². The minimum absolute atomic E-state index is 0.0266. The Labute approximate surface area is 142 Å². The summed E-state index contributed by atoms with van der Waals surface area (Å²) in [6.07, 6.45) is 5.33. The standard InChI is InChI=1S/C17H27N5O2/c1-16(2,3)21-12-13(11-14(21)23)20-15(24)17(5-8-18-9-6-17)22-10-4-7-19-22/h4,7,10,13,18H,5-6,8-9,11-12H2,1-3H3,(H,20,24). The average Bonchev–Trinajstić information content (AvgIpc) is 3.17. The van der Waals surface area contributed by atoms with E-state index in [-0.39, 0.29) is 23.4 Å². The summed E-state index contributed by atoms with van der Waals surface area (Å²) in [5.41, 5.74) is -0.877. The number of nitrogens with one attached hydrogen (secondary N) is 2. The van der Waals surface area contributed by atoms with Crippen LogP contribution in [0.2, 0.25) is 0 Å². The largest absolute Gasteiger partial charge is 0.349 e. The van der Waals surface area contributed by atoms with E-state index in [2.05, 4.69) is 15.7 Å². The molecule has 2 aliphatic heterocycles. The fraction of sp³-hybridized carbons (Fsp3) is 0.706. The molecule has 7 nitrogen and oxygen atoms in total. The van der Waals surface area contributed by atoms with Gasteiger partial charge in [-0.15, -0.1) is 0 Å². The number of piperidine rings is 1. The molecule has 2 fully saturated rings. The molecule has 2 aliphatic rings. The predicted molar refractivity (Wildman–Crippen MR) is 90.3 cm³/mol. The number of hydrogen-bond acceptors (Lipinski definition) is 4. The summed E-state index contributed by atoms with van der Waals surface area (Å²) in [5.74, 6) is 0.0764. The number of carbonyl (C=O) groups is 2. The summed E-state index contributed by atoms with van der Waals surface area (Å²) >= 11 is 0. The fourth-order valence-corrected chi connectivity index (χ4v) is 3.69. The second kappa shape index (κ2) is 6.20. The van der Waals surface area contributed by atoms with Gasteiger partial charge in [0.25, 0.3) is 0 Å². The van der Waals surface area contributed by atoms with Crippen molar-refractivity contribution in [3.63, 3.8) is 0 Å². The number of amides is 2. The maximum atomic E-state index is 13.1. The van der Waals surface area contributed by atoms with Gasteiger partial charge in [-0.2, -0.15) is 5.10 Å². The molecule has 0 radical (unpaired) electrons. The Bertz CT molecular complexity index is 599. The van der Waals surface area contributed by atoms with Crippen molar-refractivity contribution in [2.45, 2.75) is 57.2 Å². The summed E-state index contributed by atoms with van der Waals surface area (Å²) in [7, 11) is 0. The van der Waals surface area contributed by atoms with E-state index in [1.54, 1.807) is 10.9 Å². The Kier molecular flexibility index (Phi) is 4.38. The van der Waals surface area contributed by atoms with Crippen LogP contribution in [-0.2, 0) is 15.1 Å². The van der Waals surface area contributed by atoms with Gasteiger partial charge >= 0.3 is 0 Å². The number of carbonyl (C=O) groups excluding carboxylic acids is 2. The highest BCUT2D eigenvalue weighted by atomic mass is 16.2. The van der Waals surface area contributed by atoms with Crippen LogP contribution in [-0.4, -0.2) is 57.7 Å². The molecule has 1 unspecified atom stereocenters. The van der Waals surface area contributed by atoms with E-state index in [4.69, 9.17) is 0 Å². The number of aromatic nitrogens is 2. The molecule has 1 atom stereocenters. The van der Waals surface area contributed by atoms with Crippen LogP contribution in [0.1, 0.15) is 40.0 Å². The Balaban J connectivity index is 1.75. The van der Waals surface area contributed by atoms with Crippen LogP contribution in [0.4, 0.5) is 0 Å². The molecule has 3 rings (SSSR count). The lowest BCUT2D eigenvalue weighted by Gasteiger charge is -2.37. The Morgan fingerprint density at radius 2 is 2.08 bits per heavy atom. The second-order valence-electron chi connectivity index (χ2n) is 7.78. The normalized spacial score (nSPS) is 24.2. The summed E-state index contributed by atoms with van der Waals surface area (Å²) in [6, 6.07) is 1.71. The average molecular weight is 333 g/mol. The molecule has 0 aromatic carbocycles. The zero-order valence-electron chi connectivity index (χ0n) is 14.7. The highest BCUT2D eigenvalue weighted by molar-refractivity contribution is 5.87. The molecule has 0 saturated carbocycles. The highest BCUT2D eigenvalue weighted by Crippen LogP contribution is 2.28. The van der Waals surface area contributed by atoms with E-state index in [1.807, 2.05) is 37.9 Å². The molecule has 3 heterocycles. The first-order valence-corrected chi connectivity index (χ1v) is 8.65. The van der Waals surface area contributed by atoms with Crippen LogP contribution < -0.4 is 10.6 Å². The van der Waals surface area contributed by atoms with Gasteiger partial charge < -0.3 is 15.5 Å². The minimum atomic E-state index is -0.660. The van der Waals surface area contributed by atoms with E-state index in [0.717, 1.165) is 13.1 Å². The lowest BCUT2D eigenvalue weighted by molar-refractivity contribution is -0.132. The molecule has 0 spiro atoms. The maximum absolute atomic E-state index is 13.1. The quantitative estimate of drug-likeness (QED) is 0.843. The van der Waals surface area contributed by atoms with Gasteiger partial charge in [-0.25, -0.2) is 0 Å². The van der Waals surface area contributed by atoms with Gasteiger partial charge in [0.1, 0.15) is 5.54 Å². The van der Waals surface area contributed by atoms with Crippen LogP contribution in [0.15, 0.2) is 18.5 Å². The third-order valence-corrected chi connectivity index (χ3v) is 5.07. The molecule has 2 saturated heterocycles. The van der Waals surface area contributed by atoms with E-state index in [9.17, 15) is 9.59 Å². The third kappa shape index (κ3) is 3.05. The molecule has 24 heavy (non-hydrogen) atoms. The molecule has 2 amide bonds. The first kappa shape index (κ1) is 17.0. The molecule has 132 valence electrons. The van der Waals surface area contributed by atoms with E-state index < -0.39 is 5.54 Å². The number of hydrogen-bond donors (Lipinski definition) is 2. The van der Waals surface area contributed by atoms with Crippen molar-refractivity contribution in [3.05, 3.63) is 18.5 Å². The van der Waals surface area contributed by atoms with Crippen LogP contribution in [0.5, 0.6) is 0 Å². The smallest absolute Gasteiger partial charge is 0.248 e. The zero-order chi connectivity index (χ0) is 17.4. The van der Waals surface area contributed by atoms with Gasteiger partial charge in [0.15, 0.2) is 0 Å². The number of rotatable bonds is 3. The fourth-order valence-electron chi connectivity index (χ4n) is 3.69. The predicted octanol–water partition coefficient (Wildman–Crippen LogP) is 0.477. The van der Waals surface area contributed by atoms with Gasteiger partial charge in [0.2, 0.25) is 11.8 Å². The molecule has 1 aromatic heterocycles. The third-order valence-electron chi connectivity index (χ3n) is 5.07. The van der Waals surface area contributed by atoms with Crippen molar-refractivity contribution in [2.24, 2.45) is 0 Å². The van der Waals surface area contributed by atoms with Crippen molar-refractivity contribution >= 4 is 11.8 Å². The molecule has 1 aromatic rings. The molecule has 2 N–H and O–H groups in total. The Hall–Kier alpha value is -1.89. The van der Waals surface area contributed by atoms with Crippen molar-refractivity contribution in [1.29, 1.82) is 0 Å². The number of likely N-dealkylation sites (tertiary alicyclic amines) is 1. The van der Waals surface area contributed by atoms with Crippen molar-refractivity contribution < 1.29 is 9.59 Å². The van der Waals surface area contributed by atoms with Crippen LogP contribution in [0.25, 0.3) is 0 Å². The first-order valence-electron chi connectivity index (χ1n) is 8.65. The van der Waals surface area contributed by atoms with Gasteiger partial charge in [-0.3, -0.25) is 14.3 Å². The SMILES string of the molecule is CC(C)(C)N1CC(NC(=O)C2(n3cccn3)CCNCC2)CC1=O. The zero-order valence-corrected chi connectivity index (χ0v) is 14.7. The van der Waals surface area contributed by atoms with Gasteiger partial charge in [0, 0.05) is 30.9 Å². The van der Waals surface area contributed by atoms with Gasteiger partial charge in [-0.1, -0.05) is 0 Å².